The highest BCUT2D eigenvalue weighted by atomic mass is 79.9. The van der Waals surface area contributed by atoms with Gasteiger partial charge in [-0.3, -0.25) is 0 Å². The summed E-state index contributed by atoms with van der Waals surface area (Å²) in [4.78, 5) is 0. The number of hydrogen-bond donors (Lipinski definition) is 0. The molecule has 0 fully saturated rings. The average Bonchev–Trinajstić information content (AvgIpc) is 2.43. The van der Waals surface area contributed by atoms with Gasteiger partial charge < -0.3 is 0 Å². The van der Waals surface area contributed by atoms with E-state index in [1.807, 2.05) is 0 Å². The molecule has 0 aliphatic heterocycles. The van der Waals surface area contributed by atoms with E-state index in [0.29, 0.717) is 21.3 Å². The summed E-state index contributed by atoms with van der Waals surface area (Å²) in [6, 6.07) is 5.09. The van der Waals surface area contributed by atoms with Crippen LogP contribution < -0.4 is 0 Å². The Morgan fingerprint density at radius 2 is 2.14 bits per heavy atom. The summed E-state index contributed by atoms with van der Waals surface area (Å²) >= 11 is 3.22. The van der Waals surface area contributed by atoms with Gasteiger partial charge in [0.25, 0.3) is 0 Å². The van der Waals surface area contributed by atoms with Crippen LogP contribution in [0.15, 0.2) is 22.7 Å². The number of nitrogens with zero attached hydrogens (tertiary/aromatic N) is 2. The Kier molecular flexibility index (Phi) is 2.26. The number of halogens is 3. The second kappa shape index (κ2) is 3.31. The van der Waals surface area contributed by atoms with Crippen molar-refractivity contribution in [1.82, 2.24) is 9.78 Å². The van der Waals surface area contributed by atoms with Gasteiger partial charge >= 0.3 is 6.55 Å². The van der Waals surface area contributed by atoms with Crippen molar-refractivity contribution >= 4 is 26.8 Å². The molecule has 0 aliphatic rings. The fraction of sp³-hybridized carbons (Fsp3) is 0.111. The van der Waals surface area contributed by atoms with Crippen molar-refractivity contribution in [3.05, 3.63) is 35.3 Å². The van der Waals surface area contributed by atoms with Gasteiger partial charge in [0.2, 0.25) is 0 Å². The molecular formula is C9H6BrF2N2. The van der Waals surface area contributed by atoms with E-state index >= 15 is 0 Å². The monoisotopic (exact) mass is 259 g/mol. The van der Waals surface area contributed by atoms with E-state index in [0.717, 1.165) is 4.47 Å². The van der Waals surface area contributed by atoms with Crippen LogP contribution in [-0.4, -0.2) is 9.78 Å². The summed E-state index contributed by atoms with van der Waals surface area (Å²) in [6.07, 6.45) is 0. The lowest BCUT2D eigenvalue weighted by Crippen LogP contribution is -1.99. The van der Waals surface area contributed by atoms with Crippen LogP contribution >= 0.6 is 15.9 Å². The summed E-state index contributed by atoms with van der Waals surface area (Å²) in [5, 5.41) is 4.31. The first-order valence-corrected chi connectivity index (χ1v) is 4.67. The van der Waals surface area contributed by atoms with E-state index in [1.165, 1.54) is 0 Å². The van der Waals surface area contributed by atoms with Crippen molar-refractivity contribution < 1.29 is 8.78 Å². The molecule has 0 saturated carbocycles. The molecule has 0 aliphatic carbocycles. The normalized spacial score (nSPS) is 11.5. The van der Waals surface area contributed by atoms with Crippen molar-refractivity contribution in [1.29, 1.82) is 0 Å². The molecule has 0 unspecified atom stereocenters. The lowest BCUT2D eigenvalue weighted by Gasteiger charge is -2.00. The molecule has 1 radical (unpaired) electrons. The average molecular weight is 260 g/mol. The number of fused-ring (bicyclic) bond motifs is 1. The predicted molar refractivity (Wildman–Crippen MR) is 53.1 cm³/mol. The van der Waals surface area contributed by atoms with Gasteiger partial charge in [0.1, 0.15) is 0 Å². The number of hydrogen-bond acceptors (Lipinski definition) is 1. The van der Waals surface area contributed by atoms with Gasteiger partial charge in [-0.1, -0.05) is 15.9 Å². The third kappa shape index (κ3) is 1.41. The van der Waals surface area contributed by atoms with E-state index in [4.69, 9.17) is 0 Å². The van der Waals surface area contributed by atoms with Crippen LogP contribution in [0.5, 0.6) is 0 Å². The highest BCUT2D eigenvalue weighted by Gasteiger charge is 2.13. The molecule has 73 valence electrons. The maximum absolute atomic E-state index is 12.5. The van der Waals surface area contributed by atoms with Gasteiger partial charge in [-0.25, -0.2) is 4.68 Å². The summed E-state index contributed by atoms with van der Waals surface area (Å²) in [7, 11) is 0. The molecule has 1 heterocycles. The molecular weight excluding hydrogens is 254 g/mol. The molecule has 0 atom stereocenters. The largest absolute Gasteiger partial charge is 0.333 e. The number of alkyl halides is 2. The lowest BCUT2D eigenvalue weighted by molar-refractivity contribution is 0.0613. The first kappa shape index (κ1) is 9.58. The molecule has 0 bridgehead atoms. The summed E-state index contributed by atoms with van der Waals surface area (Å²) in [6.45, 7) is 0.964. The van der Waals surface area contributed by atoms with E-state index in [9.17, 15) is 8.78 Å². The number of rotatable bonds is 1. The second-order valence-corrected chi connectivity index (χ2v) is 3.75. The minimum atomic E-state index is -2.64. The Balaban J connectivity index is 2.79. The van der Waals surface area contributed by atoms with Gasteiger partial charge in [0, 0.05) is 9.86 Å². The molecule has 0 saturated heterocycles. The van der Waals surface area contributed by atoms with E-state index in [-0.39, 0.29) is 0 Å². The summed E-state index contributed by atoms with van der Waals surface area (Å²) in [5.41, 5.74) is 0.757. The van der Waals surface area contributed by atoms with Gasteiger partial charge in [-0.05, 0) is 25.1 Å². The van der Waals surface area contributed by atoms with Crippen LogP contribution in [0.3, 0.4) is 0 Å². The van der Waals surface area contributed by atoms with Crippen LogP contribution in [0.4, 0.5) is 8.78 Å². The smallest absolute Gasteiger partial charge is 0.203 e. The molecule has 0 amide bonds. The Hall–Kier alpha value is -0.970. The standard InChI is InChI=1S/C9H6BrF2N2/c1-5-7-3-2-6(10)4-8(7)14(13-5)9(11)12/h2-4,9H,1H2. The molecule has 14 heavy (non-hydrogen) atoms. The zero-order chi connectivity index (χ0) is 10.3. The van der Waals surface area contributed by atoms with Crippen molar-refractivity contribution in [3.63, 3.8) is 0 Å². The topological polar surface area (TPSA) is 17.8 Å². The third-order valence-electron chi connectivity index (χ3n) is 1.93. The van der Waals surface area contributed by atoms with Crippen LogP contribution in [0.2, 0.25) is 0 Å². The zero-order valence-corrected chi connectivity index (χ0v) is 8.63. The minimum absolute atomic E-state index is 0.368. The lowest BCUT2D eigenvalue weighted by atomic mass is 10.2. The molecule has 2 aromatic rings. The Morgan fingerprint density at radius 3 is 2.79 bits per heavy atom. The van der Waals surface area contributed by atoms with E-state index < -0.39 is 6.55 Å². The molecule has 5 heteroatoms. The zero-order valence-electron chi connectivity index (χ0n) is 7.04. The number of aromatic nitrogens is 2. The van der Waals surface area contributed by atoms with Gasteiger partial charge in [-0.2, -0.15) is 13.9 Å². The number of benzene rings is 1. The SMILES string of the molecule is [CH2]c1nn(C(F)F)c2cc(Br)ccc12. The maximum atomic E-state index is 12.5. The molecule has 1 aromatic carbocycles. The van der Waals surface area contributed by atoms with Crippen LogP contribution in [0, 0.1) is 6.92 Å². The minimum Gasteiger partial charge on any atom is -0.203 e. The van der Waals surface area contributed by atoms with Crippen LogP contribution in [-0.2, 0) is 0 Å². The molecule has 2 rings (SSSR count). The van der Waals surface area contributed by atoms with E-state index in [1.54, 1.807) is 18.2 Å². The van der Waals surface area contributed by atoms with Crippen molar-refractivity contribution in [2.24, 2.45) is 0 Å². The Bertz CT molecular complexity index is 479. The fourth-order valence-corrected chi connectivity index (χ4v) is 1.67. The van der Waals surface area contributed by atoms with Gasteiger partial charge in [-0.15, -0.1) is 0 Å². The fourth-order valence-electron chi connectivity index (χ4n) is 1.32. The van der Waals surface area contributed by atoms with Gasteiger partial charge in [0.15, 0.2) is 0 Å². The quantitative estimate of drug-likeness (QED) is 0.768. The second-order valence-electron chi connectivity index (χ2n) is 2.83. The third-order valence-corrected chi connectivity index (χ3v) is 2.42. The van der Waals surface area contributed by atoms with Crippen LogP contribution in [0.25, 0.3) is 10.9 Å². The van der Waals surface area contributed by atoms with Gasteiger partial charge in [0.05, 0.1) is 11.2 Å². The van der Waals surface area contributed by atoms with Crippen molar-refractivity contribution in [2.45, 2.75) is 6.55 Å². The van der Waals surface area contributed by atoms with Crippen LogP contribution in [0.1, 0.15) is 12.2 Å². The molecule has 1 aromatic heterocycles. The van der Waals surface area contributed by atoms with E-state index in [2.05, 4.69) is 28.0 Å². The molecule has 0 spiro atoms. The predicted octanol–water partition coefficient (Wildman–Crippen LogP) is 3.38. The first-order valence-electron chi connectivity index (χ1n) is 3.87. The molecule has 0 N–H and O–H groups in total. The van der Waals surface area contributed by atoms with Crippen molar-refractivity contribution in [2.75, 3.05) is 0 Å². The highest BCUT2D eigenvalue weighted by Crippen LogP contribution is 2.25. The Morgan fingerprint density at radius 1 is 1.43 bits per heavy atom. The Labute approximate surface area is 87.6 Å². The molecule has 2 nitrogen and oxygen atoms in total. The first-order chi connectivity index (χ1) is 6.59. The summed E-state index contributed by atoms with van der Waals surface area (Å²) < 4.78 is 26.4. The highest BCUT2D eigenvalue weighted by molar-refractivity contribution is 9.10. The summed E-state index contributed by atoms with van der Waals surface area (Å²) in [5.74, 6) is 0. The maximum Gasteiger partial charge on any atom is 0.333 e. The van der Waals surface area contributed by atoms with Crippen molar-refractivity contribution in [3.8, 4) is 0 Å².